The molecule has 0 saturated carbocycles. The average Bonchev–Trinajstić information content (AvgIpc) is 2.91. The Balaban J connectivity index is 1.43. The van der Waals surface area contributed by atoms with Crippen LogP contribution in [0.2, 0.25) is 0 Å². The molecule has 0 heterocycles. The molecule has 0 nitrogen and oxygen atoms in total. The van der Waals surface area contributed by atoms with Crippen LogP contribution >= 0.6 is 0 Å². The number of fused-ring (bicyclic) bond motifs is 1. The first-order valence-corrected chi connectivity index (χ1v) is 12.3. The van der Waals surface area contributed by atoms with Crippen LogP contribution in [-0.2, 0) is 12.6 Å². The second-order valence-corrected chi connectivity index (χ2v) is 9.28. The third kappa shape index (κ3) is 5.32. The highest BCUT2D eigenvalue weighted by atomic mass is 19.4. The maximum atomic E-state index is 15.5. The van der Waals surface area contributed by atoms with Crippen LogP contribution in [0.15, 0.2) is 104 Å². The van der Waals surface area contributed by atoms with Crippen LogP contribution in [0.25, 0.3) is 44.2 Å². The van der Waals surface area contributed by atoms with Gasteiger partial charge in [0.15, 0.2) is 0 Å². The molecule has 0 aliphatic rings. The van der Waals surface area contributed by atoms with Gasteiger partial charge in [-0.05, 0) is 69.8 Å². The highest BCUT2D eigenvalue weighted by Gasteiger charge is 2.38. The molecule has 0 bridgehead atoms. The molecule has 0 radical (unpaired) electrons. The summed E-state index contributed by atoms with van der Waals surface area (Å²) in [7, 11) is 0. The van der Waals surface area contributed by atoms with Gasteiger partial charge >= 0.3 is 6.18 Å². The largest absolute Gasteiger partial charge is 0.422 e. The topological polar surface area (TPSA) is 0 Å². The molecule has 39 heavy (non-hydrogen) atoms. The van der Waals surface area contributed by atoms with E-state index >= 15 is 4.39 Å². The van der Waals surface area contributed by atoms with Gasteiger partial charge in [0.1, 0.15) is 23.0 Å². The average molecular weight is 533 g/mol. The van der Waals surface area contributed by atoms with Crippen molar-refractivity contribution in [2.24, 2.45) is 0 Å². The number of hydrogen-bond donors (Lipinski definition) is 0. The fourth-order valence-electron chi connectivity index (χ4n) is 4.68. The maximum absolute atomic E-state index is 15.5. The Labute approximate surface area is 221 Å². The van der Waals surface area contributed by atoms with E-state index in [1.807, 2.05) is 36.4 Å². The molecule has 0 aliphatic heterocycles. The van der Waals surface area contributed by atoms with E-state index in [1.54, 1.807) is 24.3 Å². The van der Waals surface area contributed by atoms with E-state index < -0.39 is 29.2 Å². The molecule has 5 aromatic rings. The number of allylic oxidation sites excluding steroid dienone is 1. The first kappa shape index (κ1) is 26.3. The molecule has 5 rings (SSSR count). The van der Waals surface area contributed by atoms with Crippen LogP contribution in [0.4, 0.5) is 26.3 Å². The van der Waals surface area contributed by atoms with Crippen molar-refractivity contribution in [2.75, 3.05) is 0 Å². The SMILES string of the molecule is C=CCCc1ccc(-c2ccc3c(F)c(-c4ccc(-c5cc(F)c(C(F)(F)F)c(F)c5)cc4)ccc3c2)cc1. The molecular weight excluding hydrogens is 510 g/mol. The van der Waals surface area contributed by atoms with E-state index in [2.05, 4.69) is 18.7 Å². The highest BCUT2D eigenvalue weighted by Crippen LogP contribution is 2.37. The quantitative estimate of drug-likeness (QED) is 0.151. The first-order valence-electron chi connectivity index (χ1n) is 12.3. The summed E-state index contributed by atoms with van der Waals surface area (Å²) in [5.41, 5.74) is 2.38. The summed E-state index contributed by atoms with van der Waals surface area (Å²) in [5.74, 6) is -3.80. The number of aryl methyl sites for hydroxylation is 1. The van der Waals surface area contributed by atoms with Gasteiger partial charge in [0.05, 0.1) is 0 Å². The van der Waals surface area contributed by atoms with E-state index in [-0.39, 0.29) is 5.56 Å². The predicted molar refractivity (Wildman–Crippen MR) is 144 cm³/mol. The Bertz CT molecular complexity index is 1640. The summed E-state index contributed by atoms with van der Waals surface area (Å²) in [4.78, 5) is 0. The number of hydrogen-bond acceptors (Lipinski definition) is 0. The lowest BCUT2D eigenvalue weighted by atomic mass is 9.95. The van der Waals surface area contributed by atoms with Gasteiger partial charge in [-0.25, -0.2) is 13.2 Å². The van der Waals surface area contributed by atoms with Crippen molar-refractivity contribution in [3.8, 4) is 33.4 Å². The van der Waals surface area contributed by atoms with Gasteiger partial charge in [-0.3, -0.25) is 0 Å². The Morgan fingerprint density at radius 3 is 1.79 bits per heavy atom. The van der Waals surface area contributed by atoms with Crippen molar-refractivity contribution < 1.29 is 26.3 Å². The van der Waals surface area contributed by atoms with E-state index in [0.717, 1.165) is 29.4 Å². The monoisotopic (exact) mass is 532 g/mol. The van der Waals surface area contributed by atoms with Crippen LogP contribution in [0.1, 0.15) is 17.5 Å². The minimum atomic E-state index is -5.14. The maximum Gasteiger partial charge on any atom is 0.422 e. The molecule has 0 saturated heterocycles. The van der Waals surface area contributed by atoms with Gasteiger partial charge in [0.2, 0.25) is 0 Å². The summed E-state index contributed by atoms with van der Waals surface area (Å²) in [5, 5.41) is 1.17. The Morgan fingerprint density at radius 1 is 0.615 bits per heavy atom. The van der Waals surface area contributed by atoms with Gasteiger partial charge in [-0.15, -0.1) is 6.58 Å². The van der Waals surface area contributed by atoms with Gasteiger partial charge in [-0.2, -0.15) is 13.2 Å². The molecule has 5 aromatic carbocycles. The van der Waals surface area contributed by atoms with E-state index in [4.69, 9.17) is 0 Å². The van der Waals surface area contributed by atoms with E-state index in [1.165, 1.54) is 17.7 Å². The summed E-state index contributed by atoms with van der Waals surface area (Å²) < 4.78 is 82.2. The Hall–Kier alpha value is -4.32. The van der Waals surface area contributed by atoms with Crippen molar-refractivity contribution in [3.63, 3.8) is 0 Å². The number of rotatable bonds is 6. The van der Waals surface area contributed by atoms with Crippen molar-refractivity contribution >= 4 is 10.8 Å². The van der Waals surface area contributed by atoms with Gasteiger partial charge < -0.3 is 0 Å². The lowest BCUT2D eigenvalue weighted by molar-refractivity contribution is -0.142. The summed E-state index contributed by atoms with van der Waals surface area (Å²) in [6.07, 6.45) is -1.42. The predicted octanol–water partition coefficient (Wildman–Crippen LogP) is 10.4. The van der Waals surface area contributed by atoms with E-state index in [9.17, 15) is 22.0 Å². The van der Waals surface area contributed by atoms with Crippen LogP contribution in [0, 0.1) is 17.5 Å². The minimum Gasteiger partial charge on any atom is -0.206 e. The Kier molecular flexibility index (Phi) is 7.04. The van der Waals surface area contributed by atoms with Crippen molar-refractivity contribution in [3.05, 3.63) is 132 Å². The zero-order chi connectivity index (χ0) is 27.7. The molecular formula is C33H22F6. The standard InChI is InChI=1S/C33H22F6/c1-2-3-4-20-5-7-21(8-6-20)24-13-15-28-25(17-24)14-16-27(32(28)36)23-11-9-22(10-12-23)26-18-29(34)31(30(35)19-26)33(37,38)39/h2,5-19H,1,3-4H2. The minimum absolute atomic E-state index is 0.0511. The number of halogens is 6. The number of alkyl halides is 3. The normalized spacial score (nSPS) is 11.6. The summed E-state index contributed by atoms with van der Waals surface area (Å²) in [6.45, 7) is 3.75. The molecule has 0 spiro atoms. The van der Waals surface area contributed by atoms with Gasteiger partial charge in [0.25, 0.3) is 0 Å². The molecule has 0 atom stereocenters. The molecule has 0 N–H and O–H groups in total. The fraction of sp³-hybridized carbons (Fsp3) is 0.0909. The molecule has 196 valence electrons. The van der Waals surface area contributed by atoms with Crippen molar-refractivity contribution in [1.82, 2.24) is 0 Å². The van der Waals surface area contributed by atoms with Crippen LogP contribution in [-0.4, -0.2) is 0 Å². The Morgan fingerprint density at radius 2 is 1.18 bits per heavy atom. The lowest BCUT2D eigenvalue weighted by Crippen LogP contribution is -2.11. The van der Waals surface area contributed by atoms with Crippen LogP contribution in [0.5, 0.6) is 0 Å². The van der Waals surface area contributed by atoms with Gasteiger partial charge in [0, 0.05) is 10.9 Å². The van der Waals surface area contributed by atoms with Crippen molar-refractivity contribution in [1.29, 1.82) is 0 Å². The lowest BCUT2D eigenvalue weighted by Gasteiger charge is -2.12. The van der Waals surface area contributed by atoms with Gasteiger partial charge in [-0.1, -0.05) is 78.9 Å². The van der Waals surface area contributed by atoms with Crippen molar-refractivity contribution in [2.45, 2.75) is 19.0 Å². The zero-order valence-corrected chi connectivity index (χ0v) is 20.6. The third-order valence-electron chi connectivity index (χ3n) is 6.73. The zero-order valence-electron chi connectivity index (χ0n) is 20.6. The molecule has 0 fully saturated rings. The smallest absolute Gasteiger partial charge is 0.206 e. The highest BCUT2D eigenvalue weighted by molar-refractivity contribution is 5.91. The first-order chi connectivity index (χ1) is 18.7. The summed E-state index contributed by atoms with van der Waals surface area (Å²) >= 11 is 0. The van der Waals surface area contributed by atoms with Crippen LogP contribution < -0.4 is 0 Å². The molecule has 0 aliphatic carbocycles. The summed E-state index contributed by atoms with van der Waals surface area (Å²) in [6, 6.07) is 24.6. The molecule has 0 amide bonds. The number of benzene rings is 5. The fourth-order valence-corrected chi connectivity index (χ4v) is 4.68. The molecule has 0 unspecified atom stereocenters. The van der Waals surface area contributed by atoms with E-state index in [0.29, 0.717) is 34.2 Å². The second-order valence-electron chi connectivity index (χ2n) is 9.28. The molecule has 0 aromatic heterocycles. The van der Waals surface area contributed by atoms with Crippen LogP contribution in [0.3, 0.4) is 0 Å². The molecule has 6 heteroatoms. The third-order valence-corrected chi connectivity index (χ3v) is 6.73. The second kappa shape index (κ2) is 10.4.